The molecule has 1 aromatic carbocycles. The molecule has 0 atom stereocenters. The maximum absolute atomic E-state index is 12.6. The summed E-state index contributed by atoms with van der Waals surface area (Å²) in [7, 11) is 0. The lowest BCUT2D eigenvalue weighted by molar-refractivity contribution is 0.342. The van der Waals surface area contributed by atoms with Crippen molar-refractivity contribution in [3.8, 4) is 5.75 Å². The fourth-order valence-corrected chi connectivity index (χ4v) is 2.93. The summed E-state index contributed by atoms with van der Waals surface area (Å²) < 4.78 is 0. The van der Waals surface area contributed by atoms with E-state index in [1.54, 1.807) is 0 Å². The van der Waals surface area contributed by atoms with Crippen LogP contribution >= 0.6 is 12.6 Å². The standard InChI is InChI=1S/C18H29OS/c1-4-7-10-14-13-15(11-8-5-2)18(20)16(17(14)19)12-9-6-3/h13,20H,4-12H2,1-3H3. The lowest BCUT2D eigenvalue weighted by Crippen LogP contribution is -1.99. The molecule has 0 aliphatic rings. The van der Waals surface area contributed by atoms with Gasteiger partial charge in [0.2, 0.25) is 0 Å². The van der Waals surface area contributed by atoms with Gasteiger partial charge in [-0.1, -0.05) is 46.1 Å². The summed E-state index contributed by atoms with van der Waals surface area (Å²) in [6.07, 6.45) is 9.64. The Morgan fingerprint density at radius 1 is 0.850 bits per heavy atom. The number of hydrogen-bond donors (Lipinski definition) is 1. The van der Waals surface area contributed by atoms with Gasteiger partial charge < -0.3 is 0 Å². The van der Waals surface area contributed by atoms with E-state index >= 15 is 0 Å². The van der Waals surface area contributed by atoms with Crippen molar-refractivity contribution < 1.29 is 5.11 Å². The van der Waals surface area contributed by atoms with Gasteiger partial charge in [0.1, 0.15) is 0 Å². The second-order valence-corrected chi connectivity index (χ2v) is 6.11. The van der Waals surface area contributed by atoms with Crippen molar-refractivity contribution >= 4 is 12.6 Å². The minimum absolute atomic E-state index is 0.261. The molecule has 20 heavy (non-hydrogen) atoms. The van der Waals surface area contributed by atoms with Crippen molar-refractivity contribution in [3.63, 3.8) is 0 Å². The van der Waals surface area contributed by atoms with Gasteiger partial charge in [-0.15, -0.1) is 12.6 Å². The van der Waals surface area contributed by atoms with Crippen molar-refractivity contribution in [2.24, 2.45) is 0 Å². The zero-order chi connectivity index (χ0) is 15.0. The number of thiol groups is 1. The second-order valence-electron chi connectivity index (χ2n) is 5.66. The smallest absolute Gasteiger partial charge is 0.186 e. The first kappa shape index (κ1) is 17.4. The minimum atomic E-state index is 0.261. The Labute approximate surface area is 130 Å². The van der Waals surface area contributed by atoms with E-state index in [1.807, 2.05) is 0 Å². The Hall–Kier alpha value is -0.630. The Morgan fingerprint density at radius 3 is 1.90 bits per heavy atom. The SMILES string of the molecule is CCCCc1cc(CCCC)c(S)c(CCCC)c1[O]. The molecular weight excluding hydrogens is 264 g/mol. The molecule has 0 N–H and O–H groups in total. The number of aryl methyl sites for hydroxylation is 2. The van der Waals surface area contributed by atoms with Crippen LogP contribution in [0.1, 0.15) is 76.0 Å². The maximum atomic E-state index is 12.6. The highest BCUT2D eigenvalue weighted by Gasteiger charge is 2.16. The van der Waals surface area contributed by atoms with Gasteiger partial charge in [0.25, 0.3) is 0 Å². The minimum Gasteiger partial charge on any atom is -0.289 e. The summed E-state index contributed by atoms with van der Waals surface area (Å²) in [4.78, 5) is 0.970. The van der Waals surface area contributed by atoms with Crippen molar-refractivity contribution in [1.82, 2.24) is 0 Å². The molecule has 1 nitrogen and oxygen atoms in total. The van der Waals surface area contributed by atoms with Crippen molar-refractivity contribution in [3.05, 3.63) is 22.8 Å². The van der Waals surface area contributed by atoms with Gasteiger partial charge >= 0.3 is 0 Å². The first-order valence-corrected chi connectivity index (χ1v) is 8.63. The zero-order valence-corrected chi connectivity index (χ0v) is 14.2. The van der Waals surface area contributed by atoms with Crippen LogP contribution in [-0.2, 0) is 24.4 Å². The summed E-state index contributed by atoms with van der Waals surface area (Å²) in [6.45, 7) is 6.55. The normalized spacial score (nSPS) is 11.0. The van der Waals surface area contributed by atoms with Gasteiger partial charge in [0, 0.05) is 16.0 Å². The summed E-state index contributed by atoms with van der Waals surface area (Å²) in [5.41, 5.74) is 3.27. The second kappa shape index (κ2) is 9.33. The third kappa shape index (κ3) is 4.73. The monoisotopic (exact) mass is 293 g/mol. The van der Waals surface area contributed by atoms with E-state index in [-0.39, 0.29) is 5.75 Å². The van der Waals surface area contributed by atoms with Crippen LogP contribution in [0.3, 0.4) is 0 Å². The molecule has 0 amide bonds. The molecule has 0 saturated carbocycles. The number of hydrogen-bond acceptors (Lipinski definition) is 1. The molecule has 0 heterocycles. The lowest BCUT2D eigenvalue weighted by Gasteiger charge is -2.15. The summed E-state index contributed by atoms with van der Waals surface area (Å²) in [5.74, 6) is 0.261. The van der Waals surface area contributed by atoms with Crippen LogP contribution in [0.2, 0.25) is 0 Å². The molecule has 0 aromatic heterocycles. The van der Waals surface area contributed by atoms with Crippen LogP contribution in [0, 0.1) is 0 Å². The molecule has 0 spiro atoms. The molecule has 1 aromatic rings. The molecule has 0 saturated heterocycles. The quantitative estimate of drug-likeness (QED) is 0.527. The van der Waals surface area contributed by atoms with E-state index in [4.69, 9.17) is 0 Å². The highest BCUT2D eigenvalue weighted by atomic mass is 32.1. The Bertz CT molecular complexity index is 380. The molecule has 0 aliphatic heterocycles. The number of rotatable bonds is 9. The molecule has 0 unspecified atom stereocenters. The van der Waals surface area contributed by atoms with E-state index in [0.29, 0.717) is 0 Å². The molecule has 0 fully saturated rings. The van der Waals surface area contributed by atoms with Gasteiger partial charge in [-0.25, -0.2) is 0 Å². The topological polar surface area (TPSA) is 19.9 Å². The summed E-state index contributed by atoms with van der Waals surface area (Å²) in [5, 5.41) is 12.6. The molecule has 1 radical (unpaired) electrons. The first-order chi connectivity index (χ1) is 9.65. The fraction of sp³-hybridized carbons (Fsp3) is 0.667. The van der Waals surface area contributed by atoms with Gasteiger partial charge in [-0.2, -0.15) is 0 Å². The van der Waals surface area contributed by atoms with Crippen LogP contribution in [0.25, 0.3) is 0 Å². The predicted octanol–water partition coefficient (Wildman–Crippen LogP) is 6.15. The highest BCUT2D eigenvalue weighted by Crippen LogP contribution is 2.35. The van der Waals surface area contributed by atoms with Crippen LogP contribution < -0.4 is 0 Å². The van der Waals surface area contributed by atoms with E-state index in [1.165, 1.54) is 18.4 Å². The molecular formula is C18H29OS. The zero-order valence-electron chi connectivity index (χ0n) is 13.3. The lowest BCUT2D eigenvalue weighted by atomic mass is 9.95. The summed E-state index contributed by atoms with van der Waals surface area (Å²) >= 11 is 4.67. The van der Waals surface area contributed by atoms with Gasteiger partial charge in [0.05, 0.1) is 0 Å². The Kier molecular flexibility index (Phi) is 8.13. The van der Waals surface area contributed by atoms with Gasteiger partial charge in [0.15, 0.2) is 5.75 Å². The van der Waals surface area contributed by atoms with Crippen molar-refractivity contribution in [2.45, 2.75) is 83.5 Å². The third-order valence-corrected chi connectivity index (χ3v) is 4.44. The summed E-state index contributed by atoms with van der Waals surface area (Å²) in [6, 6.07) is 2.13. The first-order valence-electron chi connectivity index (χ1n) is 8.19. The van der Waals surface area contributed by atoms with Gasteiger partial charge in [-0.05, 0) is 44.1 Å². The Morgan fingerprint density at radius 2 is 1.35 bits per heavy atom. The molecule has 113 valence electrons. The van der Waals surface area contributed by atoms with E-state index in [0.717, 1.165) is 61.0 Å². The molecule has 1 rings (SSSR count). The van der Waals surface area contributed by atoms with Crippen molar-refractivity contribution in [1.29, 1.82) is 0 Å². The highest BCUT2D eigenvalue weighted by molar-refractivity contribution is 7.80. The van der Waals surface area contributed by atoms with Crippen LogP contribution in [0.5, 0.6) is 5.75 Å². The largest absolute Gasteiger partial charge is 0.289 e. The van der Waals surface area contributed by atoms with Crippen molar-refractivity contribution in [2.75, 3.05) is 0 Å². The Balaban J connectivity index is 3.09. The van der Waals surface area contributed by atoms with E-state index in [9.17, 15) is 5.11 Å². The average Bonchev–Trinajstić information content (AvgIpc) is 2.45. The molecule has 2 heteroatoms. The van der Waals surface area contributed by atoms with Gasteiger partial charge in [-0.3, -0.25) is 5.11 Å². The third-order valence-electron chi connectivity index (χ3n) is 3.88. The van der Waals surface area contributed by atoms with Crippen LogP contribution in [0.15, 0.2) is 11.0 Å². The van der Waals surface area contributed by atoms with Crippen LogP contribution in [0.4, 0.5) is 0 Å². The maximum Gasteiger partial charge on any atom is 0.186 e. The van der Waals surface area contributed by atoms with E-state index in [2.05, 4.69) is 39.5 Å². The number of benzene rings is 1. The molecule has 0 aliphatic carbocycles. The average molecular weight is 293 g/mol. The fourth-order valence-electron chi connectivity index (χ4n) is 2.54. The number of unbranched alkanes of at least 4 members (excludes halogenated alkanes) is 3. The van der Waals surface area contributed by atoms with E-state index < -0.39 is 0 Å². The molecule has 0 bridgehead atoms. The van der Waals surface area contributed by atoms with Crippen LogP contribution in [-0.4, -0.2) is 0 Å². The predicted molar refractivity (Wildman–Crippen MR) is 89.7 cm³/mol.